The monoisotopic (exact) mass is 412 g/mol. The Balaban J connectivity index is 1.37. The minimum atomic E-state index is 0.0280. The molecule has 31 heavy (non-hydrogen) atoms. The molecule has 156 valence electrons. The van der Waals surface area contributed by atoms with Crippen LogP contribution in [0.25, 0.3) is 11.4 Å². The van der Waals surface area contributed by atoms with E-state index in [1.807, 2.05) is 10.6 Å². The predicted octanol–water partition coefficient (Wildman–Crippen LogP) is 3.01. The molecule has 7 heteroatoms. The first-order chi connectivity index (χ1) is 15.2. The molecule has 1 N–H and O–H groups in total. The van der Waals surface area contributed by atoms with Crippen molar-refractivity contribution in [1.82, 2.24) is 19.5 Å². The molecule has 0 radical (unpaired) electrons. The maximum absolute atomic E-state index is 13.2. The summed E-state index contributed by atoms with van der Waals surface area (Å²) in [6.07, 6.45) is 8.86. The lowest BCUT2D eigenvalue weighted by Crippen LogP contribution is -2.48. The third-order valence-corrected chi connectivity index (χ3v) is 7.06. The number of fused-ring (bicyclic) bond motifs is 5. The van der Waals surface area contributed by atoms with E-state index in [4.69, 9.17) is 4.98 Å². The van der Waals surface area contributed by atoms with Crippen LogP contribution in [-0.2, 0) is 19.4 Å². The van der Waals surface area contributed by atoms with Gasteiger partial charge in [-0.2, -0.15) is 5.26 Å². The molecule has 5 heterocycles. The Morgan fingerprint density at radius 2 is 2.06 bits per heavy atom. The van der Waals surface area contributed by atoms with Crippen molar-refractivity contribution < 1.29 is 0 Å². The van der Waals surface area contributed by atoms with Gasteiger partial charge in [0.05, 0.1) is 11.1 Å². The Hall–Kier alpha value is -3.40. The molecular formula is C24H24N6O. The topological polar surface area (TPSA) is 90.6 Å². The van der Waals surface area contributed by atoms with E-state index < -0.39 is 0 Å². The maximum atomic E-state index is 13.2. The minimum Gasteiger partial charge on any atom is -0.354 e. The van der Waals surface area contributed by atoms with Gasteiger partial charge in [0, 0.05) is 49.3 Å². The fourth-order valence-electron chi connectivity index (χ4n) is 5.66. The van der Waals surface area contributed by atoms with Crippen molar-refractivity contribution in [3.05, 3.63) is 63.5 Å². The molecule has 0 saturated carbocycles. The summed E-state index contributed by atoms with van der Waals surface area (Å²) >= 11 is 0. The number of nitriles is 1. The summed E-state index contributed by atoms with van der Waals surface area (Å²) in [5, 5.41) is 9.80. The van der Waals surface area contributed by atoms with Crippen molar-refractivity contribution in [2.75, 3.05) is 18.0 Å². The third kappa shape index (κ3) is 2.97. The van der Waals surface area contributed by atoms with E-state index in [2.05, 4.69) is 33.1 Å². The highest BCUT2D eigenvalue weighted by Crippen LogP contribution is 2.38. The van der Waals surface area contributed by atoms with Crippen molar-refractivity contribution in [2.24, 2.45) is 5.92 Å². The van der Waals surface area contributed by atoms with Gasteiger partial charge in [-0.1, -0.05) is 0 Å². The Bertz CT molecular complexity index is 1250. The number of anilines is 1. The van der Waals surface area contributed by atoms with Gasteiger partial charge < -0.3 is 14.5 Å². The molecule has 6 rings (SSSR count). The van der Waals surface area contributed by atoms with Gasteiger partial charge in [-0.15, -0.1) is 0 Å². The second-order valence-corrected chi connectivity index (χ2v) is 9.01. The number of imidazole rings is 1. The Morgan fingerprint density at radius 3 is 2.90 bits per heavy atom. The predicted molar refractivity (Wildman–Crippen MR) is 117 cm³/mol. The summed E-state index contributed by atoms with van der Waals surface area (Å²) in [7, 11) is 0. The van der Waals surface area contributed by atoms with E-state index in [0.717, 1.165) is 49.6 Å². The number of hydrogen-bond acceptors (Lipinski definition) is 5. The standard InChI is InChI=1S/C24H24N6O/c25-11-17-10-16-3-1-2-4-20(16)28-23(17)29-12-15-9-18(14-29)21-6-5-19(22-26-7-8-27-22)24(31)30(21)13-15/h5-8,10,15,18H,1-4,9,12-14H2,(H,26,27)/t15-,18+/m0/s1. The van der Waals surface area contributed by atoms with Crippen LogP contribution in [0.3, 0.4) is 0 Å². The van der Waals surface area contributed by atoms with Gasteiger partial charge in [0.15, 0.2) is 0 Å². The third-order valence-electron chi connectivity index (χ3n) is 7.06. The molecular weight excluding hydrogens is 388 g/mol. The van der Waals surface area contributed by atoms with Crippen molar-refractivity contribution in [3.63, 3.8) is 0 Å². The first-order valence-electron chi connectivity index (χ1n) is 11.1. The van der Waals surface area contributed by atoms with Gasteiger partial charge >= 0.3 is 0 Å². The van der Waals surface area contributed by atoms with Gasteiger partial charge in [-0.05, 0) is 61.8 Å². The molecule has 0 spiro atoms. The number of nitrogens with one attached hydrogen (secondary N) is 1. The molecule has 2 bridgehead atoms. The maximum Gasteiger partial charge on any atom is 0.261 e. The van der Waals surface area contributed by atoms with Crippen LogP contribution in [-0.4, -0.2) is 32.6 Å². The Labute approximate surface area is 180 Å². The molecule has 1 fully saturated rings. The first kappa shape index (κ1) is 18.4. The number of aryl methyl sites for hydroxylation is 2. The average Bonchev–Trinajstić information content (AvgIpc) is 3.33. The zero-order chi connectivity index (χ0) is 20.9. The summed E-state index contributed by atoms with van der Waals surface area (Å²) in [4.78, 5) is 27.8. The van der Waals surface area contributed by atoms with Crippen molar-refractivity contribution in [3.8, 4) is 17.5 Å². The molecule has 3 aromatic heterocycles. The molecule has 2 atom stereocenters. The lowest BCUT2D eigenvalue weighted by molar-refractivity contribution is 0.280. The zero-order valence-corrected chi connectivity index (χ0v) is 17.3. The van der Waals surface area contributed by atoms with E-state index in [9.17, 15) is 10.1 Å². The molecule has 3 aliphatic rings. The molecule has 1 aliphatic carbocycles. The van der Waals surface area contributed by atoms with E-state index in [-0.39, 0.29) is 11.5 Å². The highest BCUT2D eigenvalue weighted by atomic mass is 16.1. The number of rotatable bonds is 2. The first-order valence-corrected chi connectivity index (χ1v) is 11.1. The Morgan fingerprint density at radius 1 is 1.16 bits per heavy atom. The van der Waals surface area contributed by atoms with Crippen LogP contribution in [0.15, 0.2) is 35.4 Å². The quantitative estimate of drug-likeness (QED) is 0.699. The van der Waals surface area contributed by atoms with Gasteiger partial charge in [0.25, 0.3) is 5.56 Å². The molecule has 0 aromatic carbocycles. The minimum absolute atomic E-state index is 0.0280. The smallest absolute Gasteiger partial charge is 0.261 e. The fraction of sp³-hybridized carbons (Fsp3) is 0.417. The summed E-state index contributed by atoms with van der Waals surface area (Å²) in [5.74, 6) is 2.07. The van der Waals surface area contributed by atoms with E-state index >= 15 is 0 Å². The van der Waals surface area contributed by atoms with Crippen molar-refractivity contribution in [2.45, 2.75) is 44.6 Å². The van der Waals surface area contributed by atoms with Crippen LogP contribution >= 0.6 is 0 Å². The van der Waals surface area contributed by atoms with Gasteiger partial charge in [-0.3, -0.25) is 4.79 Å². The second-order valence-electron chi connectivity index (χ2n) is 9.01. The number of pyridine rings is 2. The summed E-state index contributed by atoms with van der Waals surface area (Å²) in [6.45, 7) is 2.31. The van der Waals surface area contributed by atoms with Crippen LogP contribution in [0.2, 0.25) is 0 Å². The van der Waals surface area contributed by atoms with Crippen LogP contribution in [0.4, 0.5) is 5.82 Å². The van der Waals surface area contributed by atoms with Gasteiger partial charge in [-0.25, -0.2) is 9.97 Å². The fourth-order valence-corrected chi connectivity index (χ4v) is 5.66. The summed E-state index contributed by atoms with van der Waals surface area (Å²) < 4.78 is 1.94. The normalized spacial score (nSPS) is 21.8. The SMILES string of the molecule is N#Cc1cc2c(nc1N1C[C@@H]3C[C@H](C1)c1ccc(-c4ncc[nH]4)c(=O)n1C3)CCCC2. The van der Waals surface area contributed by atoms with Crippen LogP contribution < -0.4 is 10.5 Å². The lowest BCUT2D eigenvalue weighted by Gasteiger charge is -2.43. The van der Waals surface area contributed by atoms with E-state index in [0.29, 0.717) is 29.4 Å². The van der Waals surface area contributed by atoms with Crippen LogP contribution in [0, 0.1) is 17.2 Å². The lowest BCUT2D eigenvalue weighted by atomic mass is 9.82. The summed E-state index contributed by atoms with van der Waals surface area (Å²) in [6, 6.07) is 8.43. The molecule has 2 aliphatic heterocycles. The van der Waals surface area contributed by atoms with E-state index in [1.165, 1.54) is 18.4 Å². The highest BCUT2D eigenvalue weighted by Gasteiger charge is 2.36. The molecule has 0 amide bonds. The molecule has 3 aromatic rings. The number of aromatic nitrogens is 4. The zero-order valence-electron chi connectivity index (χ0n) is 17.3. The summed E-state index contributed by atoms with van der Waals surface area (Å²) in [5.41, 5.74) is 4.82. The number of H-pyrrole nitrogens is 1. The molecule has 0 unspecified atom stereocenters. The number of aromatic amines is 1. The van der Waals surface area contributed by atoms with Crippen LogP contribution in [0.5, 0.6) is 0 Å². The largest absolute Gasteiger partial charge is 0.354 e. The number of nitrogens with zero attached hydrogens (tertiary/aromatic N) is 5. The molecule has 7 nitrogen and oxygen atoms in total. The number of hydrogen-bond donors (Lipinski definition) is 1. The average molecular weight is 412 g/mol. The van der Waals surface area contributed by atoms with Crippen molar-refractivity contribution >= 4 is 5.82 Å². The second kappa shape index (κ2) is 7.09. The van der Waals surface area contributed by atoms with Crippen LogP contribution in [0.1, 0.15) is 47.7 Å². The highest BCUT2D eigenvalue weighted by molar-refractivity contribution is 5.58. The van der Waals surface area contributed by atoms with Crippen molar-refractivity contribution in [1.29, 1.82) is 5.26 Å². The molecule has 1 saturated heterocycles. The number of piperidine rings is 1. The van der Waals surface area contributed by atoms with Gasteiger partial charge in [0.2, 0.25) is 0 Å². The van der Waals surface area contributed by atoms with E-state index in [1.54, 1.807) is 12.4 Å². The van der Waals surface area contributed by atoms with Gasteiger partial charge in [0.1, 0.15) is 17.7 Å². The Kier molecular flexibility index (Phi) is 4.20.